The van der Waals surface area contributed by atoms with Gasteiger partial charge in [0.05, 0.1) is 23.1 Å². The van der Waals surface area contributed by atoms with Gasteiger partial charge in [-0.1, -0.05) is 35.0 Å². The summed E-state index contributed by atoms with van der Waals surface area (Å²) in [7, 11) is 0. The highest BCUT2D eigenvalue weighted by molar-refractivity contribution is 9.10. The Kier molecular flexibility index (Phi) is 4.07. The van der Waals surface area contributed by atoms with Crippen LogP contribution < -0.4 is 5.32 Å². The second-order valence-electron chi connectivity index (χ2n) is 4.47. The molecule has 0 aliphatic carbocycles. The van der Waals surface area contributed by atoms with Crippen molar-refractivity contribution >= 4 is 21.6 Å². The standard InChI is InChI=1S/C14H18BrN3/c1-4-13(11-6-5-7-12(15)8-11)16-14-9(2)17-18-10(14)3/h5-8,13,16H,4H2,1-3H3,(H,17,18). The third-order valence-corrected chi connectivity index (χ3v) is 3.60. The van der Waals surface area contributed by atoms with E-state index in [4.69, 9.17) is 0 Å². The Morgan fingerprint density at radius 3 is 2.72 bits per heavy atom. The van der Waals surface area contributed by atoms with Crippen LogP contribution in [0.15, 0.2) is 28.7 Å². The zero-order valence-corrected chi connectivity index (χ0v) is 12.5. The molecule has 0 radical (unpaired) electrons. The van der Waals surface area contributed by atoms with Crippen LogP contribution in [-0.2, 0) is 0 Å². The summed E-state index contributed by atoms with van der Waals surface area (Å²) in [6.07, 6.45) is 1.03. The molecule has 1 atom stereocenters. The maximum Gasteiger partial charge on any atom is 0.0825 e. The number of nitrogens with one attached hydrogen (secondary N) is 2. The summed E-state index contributed by atoms with van der Waals surface area (Å²) < 4.78 is 1.11. The van der Waals surface area contributed by atoms with Gasteiger partial charge in [-0.05, 0) is 38.0 Å². The summed E-state index contributed by atoms with van der Waals surface area (Å²) in [6, 6.07) is 8.73. The van der Waals surface area contributed by atoms with Crippen LogP contribution >= 0.6 is 15.9 Å². The van der Waals surface area contributed by atoms with E-state index in [0.717, 1.165) is 28.0 Å². The molecule has 0 fully saturated rings. The van der Waals surface area contributed by atoms with Crippen molar-refractivity contribution in [3.8, 4) is 0 Å². The largest absolute Gasteiger partial charge is 0.375 e. The van der Waals surface area contributed by atoms with E-state index in [1.165, 1.54) is 5.56 Å². The van der Waals surface area contributed by atoms with Gasteiger partial charge in [-0.25, -0.2) is 0 Å². The molecule has 1 aromatic carbocycles. The molecular weight excluding hydrogens is 290 g/mol. The van der Waals surface area contributed by atoms with Gasteiger partial charge in [0.1, 0.15) is 0 Å². The Labute approximate surface area is 116 Å². The number of aromatic nitrogens is 2. The summed E-state index contributed by atoms with van der Waals surface area (Å²) in [5.41, 5.74) is 4.50. The van der Waals surface area contributed by atoms with E-state index in [-0.39, 0.29) is 0 Å². The normalized spacial score (nSPS) is 12.4. The summed E-state index contributed by atoms with van der Waals surface area (Å²) in [6.45, 7) is 6.23. The molecule has 96 valence electrons. The van der Waals surface area contributed by atoms with Gasteiger partial charge in [-0.2, -0.15) is 5.10 Å². The fourth-order valence-electron chi connectivity index (χ4n) is 2.08. The monoisotopic (exact) mass is 307 g/mol. The molecule has 0 amide bonds. The quantitative estimate of drug-likeness (QED) is 0.881. The number of benzene rings is 1. The minimum Gasteiger partial charge on any atom is -0.375 e. The number of aryl methyl sites for hydroxylation is 2. The van der Waals surface area contributed by atoms with E-state index in [1.807, 2.05) is 19.9 Å². The third-order valence-electron chi connectivity index (χ3n) is 3.11. The highest BCUT2D eigenvalue weighted by atomic mass is 79.9. The van der Waals surface area contributed by atoms with Crippen molar-refractivity contribution in [2.24, 2.45) is 0 Å². The van der Waals surface area contributed by atoms with E-state index >= 15 is 0 Å². The average Bonchev–Trinajstić information content (AvgIpc) is 2.66. The molecule has 1 heterocycles. The van der Waals surface area contributed by atoms with Crippen LogP contribution in [0, 0.1) is 13.8 Å². The SMILES string of the molecule is CCC(Nc1c(C)n[nH]c1C)c1cccc(Br)c1. The van der Waals surface area contributed by atoms with Crippen molar-refractivity contribution in [1.82, 2.24) is 10.2 Å². The number of rotatable bonds is 4. The van der Waals surface area contributed by atoms with Crippen molar-refractivity contribution in [2.45, 2.75) is 33.2 Å². The second kappa shape index (κ2) is 5.57. The van der Waals surface area contributed by atoms with E-state index in [9.17, 15) is 0 Å². The molecular formula is C14H18BrN3. The van der Waals surface area contributed by atoms with Crippen molar-refractivity contribution in [3.63, 3.8) is 0 Å². The number of halogens is 1. The van der Waals surface area contributed by atoms with Crippen molar-refractivity contribution < 1.29 is 0 Å². The minimum absolute atomic E-state index is 0.303. The highest BCUT2D eigenvalue weighted by Gasteiger charge is 2.13. The number of H-pyrrole nitrogens is 1. The zero-order valence-electron chi connectivity index (χ0n) is 10.9. The molecule has 2 rings (SSSR count). The molecule has 0 spiro atoms. The van der Waals surface area contributed by atoms with E-state index in [2.05, 4.69) is 56.6 Å². The molecule has 0 aliphatic heterocycles. The average molecular weight is 308 g/mol. The molecule has 0 saturated carbocycles. The number of anilines is 1. The smallest absolute Gasteiger partial charge is 0.0825 e. The van der Waals surface area contributed by atoms with Gasteiger partial charge < -0.3 is 5.32 Å². The minimum atomic E-state index is 0.303. The summed E-state index contributed by atoms with van der Waals surface area (Å²) in [5.74, 6) is 0. The van der Waals surface area contributed by atoms with Crippen LogP contribution in [0.3, 0.4) is 0 Å². The van der Waals surface area contributed by atoms with Crippen LogP contribution in [0.25, 0.3) is 0 Å². The lowest BCUT2D eigenvalue weighted by molar-refractivity contribution is 0.747. The number of hydrogen-bond acceptors (Lipinski definition) is 2. The van der Waals surface area contributed by atoms with Crippen LogP contribution in [0.5, 0.6) is 0 Å². The Morgan fingerprint density at radius 2 is 2.17 bits per heavy atom. The van der Waals surface area contributed by atoms with E-state index < -0.39 is 0 Å². The van der Waals surface area contributed by atoms with Crippen molar-refractivity contribution in [1.29, 1.82) is 0 Å². The molecule has 1 aromatic heterocycles. The number of hydrogen-bond donors (Lipinski definition) is 2. The highest BCUT2D eigenvalue weighted by Crippen LogP contribution is 2.27. The summed E-state index contributed by atoms with van der Waals surface area (Å²) in [5, 5.41) is 10.8. The van der Waals surface area contributed by atoms with E-state index in [0.29, 0.717) is 6.04 Å². The van der Waals surface area contributed by atoms with Crippen LogP contribution in [-0.4, -0.2) is 10.2 Å². The van der Waals surface area contributed by atoms with Crippen LogP contribution in [0.2, 0.25) is 0 Å². The van der Waals surface area contributed by atoms with Gasteiger partial charge in [0.15, 0.2) is 0 Å². The van der Waals surface area contributed by atoms with Gasteiger partial charge >= 0.3 is 0 Å². The van der Waals surface area contributed by atoms with Crippen LogP contribution in [0.4, 0.5) is 5.69 Å². The number of nitrogens with zero attached hydrogens (tertiary/aromatic N) is 1. The molecule has 0 bridgehead atoms. The lowest BCUT2D eigenvalue weighted by atomic mass is 10.0. The molecule has 0 saturated heterocycles. The van der Waals surface area contributed by atoms with Gasteiger partial charge in [-0.15, -0.1) is 0 Å². The predicted octanol–water partition coefficient (Wildman–Crippen LogP) is 4.35. The molecule has 0 aliphatic rings. The second-order valence-corrected chi connectivity index (χ2v) is 5.38. The molecule has 3 nitrogen and oxygen atoms in total. The van der Waals surface area contributed by atoms with Gasteiger partial charge in [0, 0.05) is 4.47 Å². The first-order valence-corrected chi connectivity index (χ1v) is 6.94. The first kappa shape index (κ1) is 13.1. The molecule has 4 heteroatoms. The first-order chi connectivity index (χ1) is 8.61. The maximum atomic E-state index is 4.22. The third kappa shape index (κ3) is 2.75. The Morgan fingerprint density at radius 1 is 1.39 bits per heavy atom. The Bertz CT molecular complexity index is 514. The van der Waals surface area contributed by atoms with Gasteiger partial charge in [0.25, 0.3) is 0 Å². The van der Waals surface area contributed by atoms with Crippen molar-refractivity contribution in [3.05, 3.63) is 45.7 Å². The molecule has 2 aromatic rings. The fraction of sp³-hybridized carbons (Fsp3) is 0.357. The summed E-state index contributed by atoms with van der Waals surface area (Å²) >= 11 is 3.52. The first-order valence-electron chi connectivity index (χ1n) is 6.15. The summed E-state index contributed by atoms with van der Waals surface area (Å²) in [4.78, 5) is 0. The van der Waals surface area contributed by atoms with Crippen molar-refractivity contribution in [2.75, 3.05) is 5.32 Å². The lowest BCUT2D eigenvalue weighted by Crippen LogP contribution is -2.10. The van der Waals surface area contributed by atoms with E-state index in [1.54, 1.807) is 0 Å². The molecule has 1 unspecified atom stereocenters. The van der Waals surface area contributed by atoms with Crippen LogP contribution in [0.1, 0.15) is 36.3 Å². The lowest BCUT2D eigenvalue weighted by Gasteiger charge is -2.19. The fourth-order valence-corrected chi connectivity index (χ4v) is 2.50. The topological polar surface area (TPSA) is 40.7 Å². The molecule has 18 heavy (non-hydrogen) atoms. The predicted molar refractivity (Wildman–Crippen MR) is 78.9 cm³/mol. The Hall–Kier alpha value is -1.29. The van der Waals surface area contributed by atoms with Gasteiger partial charge in [0.2, 0.25) is 0 Å². The zero-order chi connectivity index (χ0) is 13.1. The Balaban J connectivity index is 2.25. The maximum absolute atomic E-state index is 4.22. The molecule has 2 N–H and O–H groups in total. The van der Waals surface area contributed by atoms with Gasteiger partial charge in [-0.3, -0.25) is 5.10 Å². The number of aromatic amines is 1.